The molecule has 6 nitrogen and oxygen atoms in total. The smallest absolute Gasteiger partial charge is 0.229 e. The van der Waals surface area contributed by atoms with Crippen molar-refractivity contribution < 1.29 is 14.3 Å². The lowest BCUT2D eigenvalue weighted by atomic mass is 9.95. The first-order chi connectivity index (χ1) is 10.9. The molecule has 1 N–H and O–H groups in total. The molecule has 2 aliphatic rings. The number of hydrogen-bond donors (Lipinski definition) is 1. The number of carbonyl (C=O) groups is 1. The number of pyridine rings is 1. The molecule has 3 heterocycles. The fourth-order valence-electron chi connectivity index (χ4n) is 2.83. The zero-order chi connectivity index (χ0) is 16.5. The topological polar surface area (TPSA) is 63.7 Å². The fourth-order valence-corrected chi connectivity index (χ4v) is 2.83. The zero-order valence-corrected chi connectivity index (χ0v) is 14.1. The largest absolute Gasteiger partial charge is 0.356 e. The molecule has 6 heteroatoms. The first kappa shape index (κ1) is 16.2. The maximum Gasteiger partial charge on any atom is 0.229 e. The number of amides is 1. The van der Waals surface area contributed by atoms with Crippen LogP contribution in [0.5, 0.6) is 0 Å². The van der Waals surface area contributed by atoms with E-state index in [1.165, 1.54) is 0 Å². The van der Waals surface area contributed by atoms with Gasteiger partial charge < -0.3 is 19.7 Å². The summed E-state index contributed by atoms with van der Waals surface area (Å²) in [7, 11) is 0. The maximum atomic E-state index is 12.0. The third kappa shape index (κ3) is 3.64. The van der Waals surface area contributed by atoms with Crippen molar-refractivity contribution in [2.75, 3.05) is 36.5 Å². The summed E-state index contributed by atoms with van der Waals surface area (Å²) in [6.45, 7) is 8.78. The Hall–Kier alpha value is -1.66. The minimum atomic E-state index is -0.416. The zero-order valence-electron chi connectivity index (χ0n) is 14.1. The first-order valence-corrected chi connectivity index (χ1v) is 8.18. The van der Waals surface area contributed by atoms with E-state index >= 15 is 0 Å². The summed E-state index contributed by atoms with van der Waals surface area (Å²) in [4.78, 5) is 18.7. The second kappa shape index (κ2) is 6.09. The summed E-state index contributed by atoms with van der Waals surface area (Å²) < 4.78 is 11.5. The van der Waals surface area contributed by atoms with Crippen LogP contribution in [-0.2, 0) is 14.3 Å². The third-order valence-electron chi connectivity index (χ3n) is 4.35. The van der Waals surface area contributed by atoms with E-state index in [-0.39, 0.29) is 11.7 Å². The number of hydrogen-bond acceptors (Lipinski definition) is 5. The molecular weight excluding hydrogens is 294 g/mol. The Labute approximate surface area is 137 Å². The van der Waals surface area contributed by atoms with Gasteiger partial charge in [0.2, 0.25) is 5.91 Å². The fraction of sp³-hybridized carbons (Fsp3) is 0.647. The molecule has 0 bridgehead atoms. The van der Waals surface area contributed by atoms with Gasteiger partial charge in [-0.1, -0.05) is 20.8 Å². The van der Waals surface area contributed by atoms with Gasteiger partial charge in [-0.15, -0.1) is 0 Å². The number of rotatable bonds is 2. The number of piperidine rings is 1. The van der Waals surface area contributed by atoms with Gasteiger partial charge in [-0.25, -0.2) is 4.98 Å². The van der Waals surface area contributed by atoms with E-state index < -0.39 is 5.41 Å². The molecule has 0 radical (unpaired) electrons. The second-order valence-corrected chi connectivity index (χ2v) is 7.20. The number of nitrogens with zero attached hydrogens (tertiary/aromatic N) is 2. The van der Waals surface area contributed by atoms with E-state index in [2.05, 4.69) is 15.2 Å². The van der Waals surface area contributed by atoms with Crippen LogP contribution >= 0.6 is 0 Å². The molecule has 2 fully saturated rings. The van der Waals surface area contributed by atoms with Crippen molar-refractivity contribution in [1.29, 1.82) is 0 Å². The molecule has 0 aromatic carbocycles. The molecule has 0 atom stereocenters. The average molecular weight is 319 g/mol. The van der Waals surface area contributed by atoms with E-state index in [1.54, 1.807) is 6.20 Å². The van der Waals surface area contributed by atoms with Gasteiger partial charge in [0.15, 0.2) is 5.79 Å². The van der Waals surface area contributed by atoms with Gasteiger partial charge in [-0.05, 0) is 12.1 Å². The molecule has 2 saturated heterocycles. The van der Waals surface area contributed by atoms with Crippen molar-refractivity contribution in [3.63, 3.8) is 0 Å². The molecule has 1 aromatic heterocycles. The molecule has 0 saturated carbocycles. The summed E-state index contributed by atoms with van der Waals surface area (Å²) in [5.41, 5.74) is 0.311. The lowest BCUT2D eigenvalue weighted by molar-refractivity contribution is -0.169. The van der Waals surface area contributed by atoms with Crippen LogP contribution in [0.3, 0.4) is 0 Å². The predicted octanol–water partition coefficient (Wildman–Crippen LogP) is 2.41. The molecule has 2 aliphatic heterocycles. The monoisotopic (exact) mass is 319 g/mol. The van der Waals surface area contributed by atoms with Crippen molar-refractivity contribution in [1.82, 2.24) is 4.98 Å². The van der Waals surface area contributed by atoms with Crippen molar-refractivity contribution in [3.8, 4) is 0 Å². The van der Waals surface area contributed by atoms with Gasteiger partial charge >= 0.3 is 0 Å². The Morgan fingerprint density at radius 1 is 1.22 bits per heavy atom. The summed E-state index contributed by atoms with van der Waals surface area (Å²) in [5.74, 6) is 0.547. The van der Waals surface area contributed by atoms with Crippen LogP contribution in [0.25, 0.3) is 0 Å². The predicted molar refractivity (Wildman–Crippen MR) is 88.4 cm³/mol. The van der Waals surface area contributed by atoms with Crippen LogP contribution in [0.4, 0.5) is 11.5 Å². The van der Waals surface area contributed by atoms with Crippen LogP contribution in [-0.4, -0.2) is 43.0 Å². The summed E-state index contributed by atoms with van der Waals surface area (Å²) in [6, 6.07) is 3.85. The van der Waals surface area contributed by atoms with Crippen LogP contribution in [0.2, 0.25) is 0 Å². The Bertz CT molecular complexity index is 549. The van der Waals surface area contributed by atoms with Crippen molar-refractivity contribution in [3.05, 3.63) is 18.3 Å². The average Bonchev–Trinajstić information content (AvgIpc) is 2.96. The highest BCUT2D eigenvalue weighted by atomic mass is 16.7. The standard InChI is InChI=1S/C17H25N3O3/c1-16(2,3)15(21)19-13-4-5-14(18-12-13)20-8-6-17(7-9-20)22-10-11-23-17/h4-5,12H,6-11H2,1-3H3,(H,19,21). The number of anilines is 2. The Balaban J connectivity index is 1.59. The third-order valence-corrected chi connectivity index (χ3v) is 4.35. The Morgan fingerprint density at radius 2 is 1.87 bits per heavy atom. The summed E-state index contributed by atoms with van der Waals surface area (Å²) in [5, 5.41) is 2.89. The van der Waals surface area contributed by atoms with E-state index in [9.17, 15) is 4.79 Å². The SMILES string of the molecule is CC(C)(C)C(=O)Nc1ccc(N2CCC3(CC2)OCCO3)nc1. The molecular formula is C17H25N3O3. The number of nitrogens with one attached hydrogen (secondary N) is 1. The second-order valence-electron chi connectivity index (χ2n) is 7.20. The van der Waals surface area contributed by atoms with Gasteiger partial charge in [-0.2, -0.15) is 0 Å². The normalized spacial score (nSPS) is 20.7. The van der Waals surface area contributed by atoms with Crippen molar-refractivity contribution in [2.45, 2.75) is 39.4 Å². The molecule has 3 rings (SSSR count). The minimum Gasteiger partial charge on any atom is -0.356 e. The quantitative estimate of drug-likeness (QED) is 0.907. The molecule has 1 aromatic rings. The van der Waals surface area contributed by atoms with Crippen LogP contribution in [0, 0.1) is 5.41 Å². The van der Waals surface area contributed by atoms with Gasteiger partial charge in [-0.3, -0.25) is 4.79 Å². The molecule has 126 valence electrons. The highest BCUT2D eigenvalue weighted by Gasteiger charge is 2.40. The van der Waals surface area contributed by atoms with Gasteiger partial charge in [0, 0.05) is 31.3 Å². The molecule has 0 unspecified atom stereocenters. The lowest BCUT2D eigenvalue weighted by Gasteiger charge is -2.38. The van der Waals surface area contributed by atoms with E-state index in [0.717, 1.165) is 37.4 Å². The van der Waals surface area contributed by atoms with Crippen LogP contribution < -0.4 is 10.2 Å². The van der Waals surface area contributed by atoms with Gasteiger partial charge in [0.25, 0.3) is 0 Å². The van der Waals surface area contributed by atoms with Gasteiger partial charge in [0.1, 0.15) is 5.82 Å². The Kier molecular flexibility index (Phi) is 4.29. The van der Waals surface area contributed by atoms with Gasteiger partial charge in [0.05, 0.1) is 25.1 Å². The van der Waals surface area contributed by atoms with E-state index in [4.69, 9.17) is 9.47 Å². The van der Waals surface area contributed by atoms with Crippen molar-refractivity contribution in [2.24, 2.45) is 5.41 Å². The highest BCUT2D eigenvalue weighted by molar-refractivity contribution is 5.94. The van der Waals surface area contributed by atoms with E-state index in [1.807, 2.05) is 32.9 Å². The maximum absolute atomic E-state index is 12.0. The first-order valence-electron chi connectivity index (χ1n) is 8.18. The lowest BCUT2D eigenvalue weighted by Crippen LogP contribution is -2.45. The molecule has 1 amide bonds. The molecule has 1 spiro atoms. The number of aromatic nitrogens is 1. The molecule has 23 heavy (non-hydrogen) atoms. The minimum absolute atomic E-state index is 0.0116. The summed E-state index contributed by atoms with van der Waals surface area (Å²) in [6.07, 6.45) is 3.43. The van der Waals surface area contributed by atoms with Crippen LogP contribution in [0.1, 0.15) is 33.6 Å². The number of carbonyl (C=O) groups excluding carboxylic acids is 1. The molecule has 0 aliphatic carbocycles. The van der Waals surface area contributed by atoms with E-state index in [0.29, 0.717) is 13.2 Å². The summed E-state index contributed by atoms with van der Waals surface area (Å²) >= 11 is 0. The number of ether oxygens (including phenoxy) is 2. The highest BCUT2D eigenvalue weighted by Crippen LogP contribution is 2.32. The Morgan fingerprint density at radius 3 is 2.39 bits per heavy atom. The van der Waals surface area contributed by atoms with Crippen molar-refractivity contribution >= 4 is 17.4 Å². The van der Waals surface area contributed by atoms with Crippen LogP contribution in [0.15, 0.2) is 18.3 Å².